The molecule has 1 aliphatic rings. The number of carbonyl (C=O) groups is 1. The van der Waals surface area contributed by atoms with E-state index in [1.807, 2.05) is 36.4 Å². The predicted octanol–water partition coefficient (Wildman–Crippen LogP) is 4.02. The molecule has 3 heterocycles. The summed E-state index contributed by atoms with van der Waals surface area (Å²) < 4.78 is 10.9. The first-order valence-electron chi connectivity index (χ1n) is 8.38. The summed E-state index contributed by atoms with van der Waals surface area (Å²) in [6.45, 7) is 1.28. The van der Waals surface area contributed by atoms with Crippen molar-refractivity contribution in [3.63, 3.8) is 0 Å². The minimum absolute atomic E-state index is 0.0505. The summed E-state index contributed by atoms with van der Waals surface area (Å²) in [6.07, 6.45) is 2.30. The van der Waals surface area contributed by atoms with Crippen LogP contribution in [0.2, 0.25) is 0 Å². The van der Waals surface area contributed by atoms with Gasteiger partial charge < -0.3 is 19.8 Å². The number of amides is 1. The monoisotopic (exact) mass is 356 g/mol. The smallest absolute Gasteiger partial charge is 0.261 e. The molecule has 1 atom stereocenters. The molecule has 25 heavy (non-hydrogen) atoms. The Morgan fingerprint density at radius 1 is 1.36 bits per heavy atom. The topological polar surface area (TPSA) is 63.3 Å². The van der Waals surface area contributed by atoms with Gasteiger partial charge in [-0.1, -0.05) is 0 Å². The van der Waals surface area contributed by atoms with Crippen molar-refractivity contribution in [2.75, 3.05) is 13.7 Å². The van der Waals surface area contributed by atoms with Gasteiger partial charge in [-0.3, -0.25) is 4.79 Å². The van der Waals surface area contributed by atoms with E-state index in [0.29, 0.717) is 6.54 Å². The number of hydrogen-bond donors (Lipinski definition) is 2. The van der Waals surface area contributed by atoms with Crippen molar-refractivity contribution >= 4 is 28.1 Å². The first-order chi connectivity index (χ1) is 12.2. The summed E-state index contributed by atoms with van der Waals surface area (Å²) >= 11 is 1.52. The largest absolute Gasteiger partial charge is 0.497 e. The molecule has 0 spiro atoms. The number of carbonyl (C=O) groups excluding carboxylic acids is 1. The van der Waals surface area contributed by atoms with E-state index in [-0.39, 0.29) is 12.0 Å². The first-order valence-corrected chi connectivity index (χ1v) is 9.20. The summed E-state index contributed by atoms with van der Waals surface area (Å²) in [6, 6.07) is 11.8. The highest BCUT2D eigenvalue weighted by molar-refractivity contribution is 7.14. The molecule has 130 valence electrons. The van der Waals surface area contributed by atoms with E-state index in [1.165, 1.54) is 11.3 Å². The molecule has 6 heteroatoms. The SMILES string of the molecule is COc1ccc2[nH]c(CNC(=O)c3ccc(C4CCCO4)s3)cc2c1. The van der Waals surface area contributed by atoms with Gasteiger partial charge in [0, 0.05) is 28.1 Å². The van der Waals surface area contributed by atoms with E-state index in [9.17, 15) is 4.79 Å². The number of ether oxygens (including phenoxy) is 2. The highest BCUT2D eigenvalue weighted by Crippen LogP contribution is 2.33. The van der Waals surface area contributed by atoms with Crippen LogP contribution in [0.25, 0.3) is 10.9 Å². The zero-order chi connectivity index (χ0) is 17.2. The van der Waals surface area contributed by atoms with Crippen molar-refractivity contribution in [2.24, 2.45) is 0 Å². The van der Waals surface area contributed by atoms with Gasteiger partial charge in [-0.2, -0.15) is 0 Å². The quantitative estimate of drug-likeness (QED) is 0.726. The van der Waals surface area contributed by atoms with Crippen LogP contribution < -0.4 is 10.1 Å². The Morgan fingerprint density at radius 2 is 2.28 bits per heavy atom. The molecule has 1 amide bonds. The number of H-pyrrole nitrogens is 1. The summed E-state index contributed by atoms with van der Waals surface area (Å²) in [4.78, 5) is 17.6. The number of fused-ring (bicyclic) bond motifs is 1. The highest BCUT2D eigenvalue weighted by Gasteiger charge is 2.20. The molecule has 0 radical (unpaired) electrons. The lowest BCUT2D eigenvalue weighted by Crippen LogP contribution is -2.21. The molecule has 4 rings (SSSR count). The Balaban J connectivity index is 1.41. The zero-order valence-corrected chi connectivity index (χ0v) is 14.8. The lowest BCUT2D eigenvalue weighted by molar-refractivity contribution is 0.0954. The van der Waals surface area contributed by atoms with Gasteiger partial charge in [0.15, 0.2) is 0 Å². The van der Waals surface area contributed by atoms with E-state index in [4.69, 9.17) is 9.47 Å². The van der Waals surface area contributed by atoms with E-state index in [1.54, 1.807) is 7.11 Å². The van der Waals surface area contributed by atoms with Crippen LogP contribution in [0.1, 0.15) is 39.2 Å². The van der Waals surface area contributed by atoms with E-state index in [2.05, 4.69) is 10.3 Å². The lowest BCUT2D eigenvalue weighted by atomic mass is 10.2. The number of aromatic nitrogens is 1. The van der Waals surface area contributed by atoms with Crippen molar-refractivity contribution in [2.45, 2.75) is 25.5 Å². The number of aromatic amines is 1. The van der Waals surface area contributed by atoms with E-state index >= 15 is 0 Å². The second-order valence-corrected chi connectivity index (χ2v) is 7.25. The molecule has 2 N–H and O–H groups in total. The summed E-state index contributed by atoms with van der Waals surface area (Å²) in [7, 11) is 1.65. The Morgan fingerprint density at radius 3 is 3.08 bits per heavy atom. The molecule has 3 aromatic rings. The maximum Gasteiger partial charge on any atom is 0.261 e. The molecular weight excluding hydrogens is 336 g/mol. The maximum absolute atomic E-state index is 12.4. The Labute approximate surface area is 150 Å². The van der Waals surface area contributed by atoms with Crippen molar-refractivity contribution in [3.8, 4) is 5.75 Å². The molecule has 1 fully saturated rings. The summed E-state index contributed by atoms with van der Waals surface area (Å²) in [5.74, 6) is 0.771. The standard InChI is InChI=1S/C19H20N2O3S/c1-23-14-4-5-15-12(10-14)9-13(21-15)11-20-19(22)18-7-6-17(25-18)16-3-2-8-24-16/h4-7,9-10,16,21H,2-3,8,11H2,1H3,(H,20,22). The number of benzene rings is 1. The molecule has 5 nitrogen and oxygen atoms in total. The van der Waals surface area contributed by atoms with Gasteiger partial charge >= 0.3 is 0 Å². The number of nitrogens with one attached hydrogen (secondary N) is 2. The van der Waals surface area contributed by atoms with Crippen LogP contribution in [0.5, 0.6) is 5.75 Å². The van der Waals surface area contributed by atoms with Crippen LogP contribution in [-0.4, -0.2) is 24.6 Å². The second kappa shape index (κ2) is 6.90. The fraction of sp³-hybridized carbons (Fsp3) is 0.316. The molecule has 2 aromatic heterocycles. The van der Waals surface area contributed by atoms with Crippen molar-refractivity contribution in [1.82, 2.24) is 10.3 Å². The number of thiophene rings is 1. The minimum Gasteiger partial charge on any atom is -0.497 e. The average molecular weight is 356 g/mol. The molecule has 1 aromatic carbocycles. The van der Waals surface area contributed by atoms with Gasteiger partial charge in [0.05, 0.1) is 24.6 Å². The van der Waals surface area contributed by atoms with Crippen molar-refractivity contribution in [3.05, 3.63) is 51.8 Å². The van der Waals surface area contributed by atoms with Crippen LogP contribution in [0.15, 0.2) is 36.4 Å². The lowest BCUT2D eigenvalue weighted by Gasteiger charge is -2.05. The third-order valence-corrected chi connectivity index (χ3v) is 5.60. The minimum atomic E-state index is -0.0505. The Bertz CT molecular complexity index is 893. The van der Waals surface area contributed by atoms with Gasteiger partial charge in [0.2, 0.25) is 0 Å². The summed E-state index contributed by atoms with van der Waals surface area (Å²) in [5.41, 5.74) is 1.99. The Hall–Kier alpha value is -2.31. The van der Waals surface area contributed by atoms with Crippen molar-refractivity contribution < 1.29 is 14.3 Å². The highest BCUT2D eigenvalue weighted by atomic mass is 32.1. The molecule has 1 aliphatic heterocycles. The number of rotatable bonds is 5. The third kappa shape index (κ3) is 3.41. The van der Waals surface area contributed by atoms with Gasteiger partial charge in [-0.15, -0.1) is 11.3 Å². The molecule has 0 saturated carbocycles. The zero-order valence-electron chi connectivity index (χ0n) is 14.0. The second-order valence-electron chi connectivity index (χ2n) is 6.13. The van der Waals surface area contributed by atoms with Crippen molar-refractivity contribution in [1.29, 1.82) is 0 Å². The first kappa shape index (κ1) is 16.2. The fourth-order valence-electron chi connectivity index (χ4n) is 3.11. The average Bonchev–Trinajstić information content (AvgIpc) is 3.38. The van der Waals surface area contributed by atoms with Crippen LogP contribution in [0, 0.1) is 0 Å². The summed E-state index contributed by atoms with van der Waals surface area (Å²) in [5, 5.41) is 4.05. The third-order valence-electron chi connectivity index (χ3n) is 4.42. The van der Waals surface area contributed by atoms with E-state index < -0.39 is 0 Å². The predicted molar refractivity (Wildman–Crippen MR) is 98.3 cm³/mol. The maximum atomic E-state index is 12.4. The number of hydrogen-bond acceptors (Lipinski definition) is 4. The van der Waals surface area contributed by atoms with Crippen LogP contribution in [0.3, 0.4) is 0 Å². The normalized spacial score (nSPS) is 17.1. The molecule has 1 saturated heterocycles. The fourth-order valence-corrected chi connectivity index (χ4v) is 4.11. The molecular formula is C19H20N2O3S. The van der Waals surface area contributed by atoms with Gasteiger partial charge in [0.1, 0.15) is 5.75 Å². The molecule has 1 unspecified atom stereocenters. The molecule has 0 aliphatic carbocycles. The van der Waals surface area contributed by atoms with Gasteiger partial charge in [-0.05, 0) is 49.2 Å². The molecule has 0 bridgehead atoms. The Kier molecular flexibility index (Phi) is 4.46. The van der Waals surface area contributed by atoms with Gasteiger partial charge in [-0.25, -0.2) is 0 Å². The van der Waals surface area contributed by atoms with Crippen LogP contribution in [-0.2, 0) is 11.3 Å². The van der Waals surface area contributed by atoms with Crippen LogP contribution in [0.4, 0.5) is 0 Å². The van der Waals surface area contributed by atoms with Gasteiger partial charge in [0.25, 0.3) is 5.91 Å². The van der Waals surface area contributed by atoms with E-state index in [0.717, 1.165) is 51.5 Å². The number of methoxy groups -OCH3 is 1. The van der Waals surface area contributed by atoms with Crippen LogP contribution >= 0.6 is 11.3 Å².